The van der Waals surface area contributed by atoms with Gasteiger partial charge in [-0.1, -0.05) is 42.3 Å². The minimum atomic E-state index is -0.618. The van der Waals surface area contributed by atoms with Gasteiger partial charge in [0.2, 0.25) is 0 Å². The summed E-state index contributed by atoms with van der Waals surface area (Å²) >= 11 is 6.29. The Morgan fingerprint density at radius 3 is 2.24 bits per heavy atom. The number of halogens is 3. The zero-order valence-corrected chi connectivity index (χ0v) is 14.8. The summed E-state index contributed by atoms with van der Waals surface area (Å²) in [5, 5.41) is 0.437. The van der Waals surface area contributed by atoms with Crippen LogP contribution in [0.1, 0.15) is 31.2 Å². The average Bonchev–Trinajstić information content (AvgIpc) is 2.83. The number of rotatable bonds is 2. The van der Waals surface area contributed by atoms with Crippen molar-refractivity contribution in [3.63, 3.8) is 0 Å². The Labute approximate surface area is 152 Å². The van der Waals surface area contributed by atoms with E-state index in [-0.39, 0.29) is 0 Å². The number of hydrogen-bond donors (Lipinski definition) is 0. The van der Waals surface area contributed by atoms with Gasteiger partial charge in [0.25, 0.3) is 0 Å². The smallest absolute Gasteiger partial charge is 0.126 e. The minimum Gasteiger partial charge on any atom is -0.292 e. The van der Waals surface area contributed by atoms with Gasteiger partial charge in [0.1, 0.15) is 11.6 Å². The van der Waals surface area contributed by atoms with E-state index >= 15 is 0 Å². The fourth-order valence-electron chi connectivity index (χ4n) is 3.08. The quantitative estimate of drug-likeness (QED) is 0.639. The van der Waals surface area contributed by atoms with Crippen LogP contribution in [0.25, 0.3) is 11.1 Å². The van der Waals surface area contributed by atoms with E-state index in [1.807, 2.05) is 6.07 Å². The summed E-state index contributed by atoms with van der Waals surface area (Å²) in [6.45, 7) is 2.98. The first-order valence-electron chi connectivity index (χ1n) is 8.59. The van der Waals surface area contributed by atoms with Crippen molar-refractivity contribution in [1.82, 2.24) is 4.90 Å². The molecule has 0 N–H and O–H groups in total. The van der Waals surface area contributed by atoms with Gasteiger partial charge in [0.05, 0.1) is 6.54 Å². The molecule has 0 radical (unpaired) electrons. The zero-order chi connectivity index (χ0) is 17.6. The highest BCUT2D eigenvalue weighted by atomic mass is 35.5. The number of likely N-dealkylation sites (tertiary alicyclic amines) is 1. The van der Waals surface area contributed by atoms with Crippen molar-refractivity contribution in [2.24, 2.45) is 0 Å². The average molecular weight is 360 g/mol. The highest BCUT2D eigenvalue weighted by Crippen LogP contribution is 2.29. The second kappa shape index (κ2) is 8.47. The molecule has 0 spiro atoms. The van der Waals surface area contributed by atoms with Crippen LogP contribution in [0.2, 0.25) is 5.02 Å². The van der Waals surface area contributed by atoms with Crippen molar-refractivity contribution in [3.05, 3.63) is 58.6 Å². The Bertz CT molecular complexity index is 779. The van der Waals surface area contributed by atoms with Gasteiger partial charge in [-0.3, -0.25) is 4.90 Å². The second-order valence-electron chi connectivity index (χ2n) is 6.34. The van der Waals surface area contributed by atoms with E-state index in [9.17, 15) is 8.78 Å². The van der Waals surface area contributed by atoms with Crippen molar-refractivity contribution in [2.45, 2.75) is 25.7 Å². The van der Waals surface area contributed by atoms with Crippen LogP contribution < -0.4 is 0 Å². The van der Waals surface area contributed by atoms with E-state index in [1.54, 1.807) is 12.1 Å². The van der Waals surface area contributed by atoms with Gasteiger partial charge >= 0.3 is 0 Å². The van der Waals surface area contributed by atoms with Crippen molar-refractivity contribution in [2.75, 3.05) is 19.6 Å². The molecule has 2 aromatic carbocycles. The van der Waals surface area contributed by atoms with E-state index in [0.29, 0.717) is 16.1 Å². The summed E-state index contributed by atoms with van der Waals surface area (Å²) < 4.78 is 26.8. The van der Waals surface area contributed by atoms with Crippen molar-refractivity contribution < 1.29 is 8.78 Å². The third-order valence-corrected chi connectivity index (χ3v) is 4.69. The summed E-state index contributed by atoms with van der Waals surface area (Å²) in [4.78, 5) is 2.38. The summed E-state index contributed by atoms with van der Waals surface area (Å²) in [6, 6.07) is 8.73. The van der Waals surface area contributed by atoms with Crippen LogP contribution in [-0.4, -0.2) is 24.5 Å². The highest BCUT2D eigenvalue weighted by molar-refractivity contribution is 6.33. The van der Waals surface area contributed by atoms with Gasteiger partial charge < -0.3 is 0 Å². The molecule has 0 unspecified atom stereocenters. The molecule has 1 saturated heterocycles. The molecule has 4 heteroatoms. The number of benzene rings is 2. The Balaban J connectivity index is 1.73. The molecule has 1 fully saturated rings. The first kappa shape index (κ1) is 17.9. The van der Waals surface area contributed by atoms with Crippen LogP contribution in [0.5, 0.6) is 0 Å². The largest absolute Gasteiger partial charge is 0.292 e. The molecular formula is C21H20ClF2N. The van der Waals surface area contributed by atoms with E-state index in [1.165, 1.54) is 37.8 Å². The summed E-state index contributed by atoms with van der Waals surface area (Å²) in [5.74, 6) is 5.10. The topological polar surface area (TPSA) is 3.24 Å². The van der Waals surface area contributed by atoms with Crippen LogP contribution in [0.4, 0.5) is 8.78 Å². The summed E-state index contributed by atoms with van der Waals surface area (Å²) in [5.41, 5.74) is 1.82. The van der Waals surface area contributed by atoms with Crippen molar-refractivity contribution in [3.8, 4) is 23.0 Å². The Morgan fingerprint density at radius 2 is 1.60 bits per heavy atom. The molecule has 25 heavy (non-hydrogen) atoms. The van der Waals surface area contributed by atoms with Gasteiger partial charge in [-0.15, -0.1) is 0 Å². The van der Waals surface area contributed by atoms with Crippen molar-refractivity contribution in [1.29, 1.82) is 0 Å². The maximum Gasteiger partial charge on any atom is 0.126 e. The van der Waals surface area contributed by atoms with E-state index < -0.39 is 11.6 Å². The molecule has 0 aliphatic carbocycles. The standard InChI is InChI=1S/C21H20ClF2N/c22-21-12-16(6-5-11-25-9-3-1-2-4-10-25)7-8-20(21)17-13-18(23)15-19(24)14-17/h7-8,12-15H,1-4,9-11H2. The molecule has 0 bridgehead atoms. The monoisotopic (exact) mass is 359 g/mol. The molecule has 0 aromatic heterocycles. The third kappa shape index (κ3) is 5.04. The fraction of sp³-hybridized carbons (Fsp3) is 0.333. The molecule has 3 rings (SSSR count). The Hall–Kier alpha value is -1.89. The van der Waals surface area contributed by atoms with Crippen LogP contribution in [0.15, 0.2) is 36.4 Å². The SMILES string of the molecule is Fc1cc(F)cc(-c2ccc(C#CCN3CCCCCC3)cc2Cl)c1. The third-order valence-electron chi connectivity index (χ3n) is 4.38. The predicted octanol–water partition coefficient (Wildman–Crippen LogP) is 5.51. The lowest BCUT2D eigenvalue weighted by Gasteiger charge is -2.15. The second-order valence-corrected chi connectivity index (χ2v) is 6.75. The van der Waals surface area contributed by atoms with Crippen LogP contribution in [-0.2, 0) is 0 Å². The fourth-order valence-corrected chi connectivity index (χ4v) is 3.37. The Kier molecular flexibility index (Phi) is 6.07. The lowest BCUT2D eigenvalue weighted by atomic mass is 10.0. The van der Waals surface area contributed by atoms with Crippen LogP contribution >= 0.6 is 11.6 Å². The first-order valence-corrected chi connectivity index (χ1v) is 8.97. The van der Waals surface area contributed by atoms with Gasteiger partial charge in [-0.2, -0.15) is 0 Å². The molecule has 1 aliphatic heterocycles. The predicted molar refractivity (Wildman–Crippen MR) is 98.6 cm³/mol. The number of hydrogen-bond acceptors (Lipinski definition) is 1. The molecule has 1 nitrogen and oxygen atoms in total. The molecule has 0 atom stereocenters. The molecule has 1 heterocycles. The molecule has 2 aromatic rings. The minimum absolute atomic E-state index is 0.423. The molecule has 1 aliphatic rings. The maximum atomic E-state index is 13.4. The normalized spacial score (nSPS) is 15.3. The summed E-state index contributed by atoms with van der Waals surface area (Å²) in [7, 11) is 0. The van der Waals surface area contributed by atoms with Crippen molar-refractivity contribution >= 4 is 11.6 Å². The molecule has 0 saturated carbocycles. The molecular weight excluding hydrogens is 340 g/mol. The van der Waals surface area contributed by atoms with Gasteiger partial charge in [0, 0.05) is 22.2 Å². The number of nitrogens with zero attached hydrogens (tertiary/aromatic N) is 1. The van der Waals surface area contributed by atoms with E-state index in [4.69, 9.17) is 11.6 Å². The summed E-state index contributed by atoms with van der Waals surface area (Å²) in [6.07, 6.45) is 5.10. The molecule has 130 valence electrons. The first-order chi connectivity index (χ1) is 12.1. The molecule has 0 amide bonds. The highest BCUT2D eigenvalue weighted by Gasteiger charge is 2.08. The Morgan fingerprint density at radius 1 is 0.920 bits per heavy atom. The lowest BCUT2D eigenvalue weighted by Crippen LogP contribution is -2.24. The van der Waals surface area contributed by atoms with Gasteiger partial charge in [-0.05, 0) is 55.8 Å². The van der Waals surface area contributed by atoms with Crippen LogP contribution in [0, 0.1) is 23.5 Å². The van der Waals surface area contributed by atoms with E-state index in [0.717, 1.165) is 31.3 Å². The van der Waals surface area contributed by atoms with Crippen LogP contribution in [0.3, 0.4) is 0 Å². The van der Waals surface area contributed by atoms with Gasteiger partial charge in [0.15, 0.2) is 0 Å². The lowest BCUT2D eigenvalue weighted by molar-refractivity contribution is 0.320. The maximum absolute atomic E-state index is 13.4. The van der Waals surface area contributed by atoms with Gasteiger partial charge in [-0.25, -0.2) is 8.78 Å². The van der Waals surface area contributed by atoms with E-state index in [2.05, 4.69) is 16.7 Å². The zero-order valence-electron chi connectivity index (χ0n) is 14.0.